The topological polar surface area (TPSA) is 74.8 Å². The van der Waals surface area contributed by atoms with Gasteiger partial charge in [-0.05, 0) is 30.7 Å². The van der Waals surface area contributed by atoms with Gasteiger partial charge in [0.15, 0.2) is 5.65 Å². The van der Waals surface area contributed by atoms with Crippen molar-refractivity contribution in [3.05, 3.63) is 24.3 Å². The summed E-state index contributed by atoms with van der Waals surface area (Å²) in [7, 11) is 0. The summed E-state index contributed by atoms with van der Waals surface area (Å²) in [6, 6.07) is 7.97. The van der Waals surface area contributed by atoms with Crippen molar-refractivity contribution in [3.63, 3.8) is 0 Å². The number of carbonyl (C=O) groups excluding carboxylic acids is 1. The van der Waals surface area contributed by atoms with E-state index >= 15 is 0 Å². The van der Waals surface area contributed by atoms with Gasteiger partial charge in [-0.2, -0.15) is 0 Å². The van der Waals surface area contributed by atoms with E-state index in [4.69, 9.17) is 0 Å². The molecule has 5 rings (SSSR count). The van der Waals surface area contributed by atoms with Crippen molar-refractivity contribution in [2.75, 3.05) is 18.8 Å². The number of likely N-dealkylation sites (tertiary alicyclic amines) is 1. The molecule has 2 aliphatic rings. The van der Waals surface area contributed by atoms with E-state index in [9.17, 15) is 4.79 Å². The number of rotatable bonds is 3. The summed E-state index contributed by atoms with van der Waals surface area (Å²) in [5.41, 5.74) is 2.51. The van der Waals surface area contributed by atoms with E-state index in [1.165, 1.54) is 43.9 Å². The van der Waals surface area contributed by atoms with Gasteiger partial charge in [-0.1, -0.05) is 49.2 Å². The lowest BCUT2D eigenvalue weighted by atomic mass is 9.75. The lowest BCUT2D eigenvalue weighted by molar-refractivity contribution is -0.131. The smallest absolute Gasteiger partial charge is 0.233 e. The van der Waals surface area contributed by atoms with E-state index < -0.39 is 0 Å². The molecule has 2 aromatic heterocycles. The highest BCUT2D eigenvalue weighted by Gasteiger charge is 2.32. The second-order valence-corrected chi connectivity index (χ2v) is 8.63. The van der Waals surface area contributed by atoms with Gasteiger partial charge in [0.2, 0.25) is 11.1 Å². The van der Waals surface area contributed by atoms with Gasteiger partial charge >= 0.3 is 0 Å². The van der Waals surface area contributed by atoms with Crippen LogP contribution in [0, 0.1) is 11.8 Å². The standard InChI is InChI=1S/C20H23N5OS/c26-17(25-10-9-13-5-1-2-6-14(13)11-25)12-27-20-22-19-18(23-24-20)15-7-3-4-8-16(15)21-19/h3-4,7-8,13-14H,1-2,5-6,9-12H2,(H,21,22,24)/t13-,14+/m0/s1. The normalized spacial score (nSPS) is 22.9. The summed E-state index contributed by atoms with van der Waals surface area (Å²) in [4.78, 5) is 22.6. The molecule has 7 heteroatoms. The fourth-order valence-corrected chi connectivity index (χ4v) is 5.30. The van der Waals surface area contributed by atoms with Crippen molar-refractivity contribution in [2.45, 2.75) is 37.3 Å². The lowest BCUT2D eigenvalue weighted by Gasteiger charge is -2.41. The van der Waals surface area contributed by atoms with Crippen LogP contribution in [0.25, 0.3) is 22.1 Å². The number of fused-ring (bicyclic) bond motifs is 4. The van der Waals surface area contributed by atoms with Gasteiger partial charge in [-0.3, -0.25) is 4.79 Å². The van der Waals surface area contributed by atoms with Crippen LogP contribution < -0.4 is 0 Å². The highest BCUT2D eigenvalue weighted by atomic mass is 32.2. The molecule has 3 heterocycles. The summed E-state index contributed by atoms with van der Waals surface area (Å²) in [5, 5.41) is 10.1. The van der Waals surface area contributed by atoms with Crippen molar-refractivity contribution >= 4 is 39.7 Å². The summed E-state index contributed by atoms with van der Waals surface area (Å²) in [6.07, 6.45) is 6.49. The number of carbonyl (C=O) groups is 1. The predicted octanol–water partition coefficient (Wildman–Crippen LogP) is 3.64. The number of benzene rings is 1. The molecule has 1 aromatic carbocycles. The maximum Gasteiger partial charge on any atom is 0.233 e. The molecule has 1 saturated carbocycles. The molecule has 2 atom stereocenters. The van der Waals surface area contributed by atoms with Crippen molar-refractivity contribution in [2.24, 2.45) is 11.8 Å². The summed E-state index contributed by atoms with van der Waals surface area (Å²) in [6.45, 7) is 1.84. The van der Waals surface area contributed by atoms with Crippen molar-refractivity contribution in [1.82, 2.24) is 25.1 Å². The SMILES string of the molecule is O=C(CSc1nnc2c(n1)[nH]c1ccccc12)N1CC[C@@H]2CCCC[C@@H]2C1. The molecule has 0 unspecified atom stereocenters. The largest absolute Gasteiger partial charge is 0.342 e. The minimum Gasteiger partial charge on any atom is -0.342 e. The predicted molar refractivity (Wildman–Crippen MR) is 107 cm³/mol. The maximum atomic E-state index is 12.7. The van der Waals surface area contributed by atoms with E-state index in [1.54, 1.807) is 0 Å². The first-order valence-corrected chi connectivity index (χ1v) is 10.8. The van der Waals surface area contributed by atoms with Gasteiger partial charge < -0.3 is 9.88 Å². The lowest BCUT2D eigenvalue weighted by Crippen LogP contribution is -2.45. The molecule has 1 saturated heterocycles. The van der Waals surface area contributed by atoms with Gasteiger partial charge in [0, 0.05) is 24.0 Å². The Morgan fingerprint density at radius 2 is 2.00 bits per heavy atom. The molecular formula is C20H23N5OS. The number of piperidine rings is 1. The summed E-state index contributed by atoms with van der Waals surface area (Å²) >= 11 is 1.38. The number of nitrogens with one attached hydrogen (secondary N) is 1. The molecule has 0 spiro atoms. The molecule has 1 aliphatic heterocycles. The van der Waals surface area contributed by atoms with Crippen molar-refractivity contribution in [3.8, 4) is 0 Å². The van der Waals surface area contributed by atoms with Crippen molar-refractivity contribution in [1.29, 1.82) is 0 Å². The molecule has 27 heavy (non-hydrogen) atoms. The average Bonchev–Trinajstić information content (AvgIpc) is 3.09. The molecule has 1 amide bonds. The first kappa shape index (κ1) is 17.0. The average molecular weight is 382 g/mol. The second-order valence-electron chi connectivity index (χ2n) is 7.68. The zero-order valence-electron chi connectivity index (χ0n) is 15.2. The van der Waals surface area contributed by atoms with Crippen LogP contribution in [-0.4, -0.2) is 49.8 Å². The van der Waals surface area contributed by atoms with E-state index in [-0.39, 0.29) is 5.91 Å². The number of amides is 1. The minimum atomic E-state index is 0.198. The quantitative estimate of drug-likeness (QED) is 0.701. The van der Waals surface area contributed by atoms with Crippen LogP contribution in [-0.2, 0) is 4.79 Å². The maximum absolute atomic E-state index is 12.7. The zero-order chi connectivity index (χ0) is 18.2. The second kappa shape index (κ2) is 7.11. The number of para-hydroxylation sites is 1. The Morgan fingerprint density at radius 1 is 1.15 bits per heavy atom. The van der Waals surface area contributed by atoms with Gasteiger partial charge in [0.25, 0.3) is 0 Å². The Kier molecular flexibility index (Phi) is 4.47. The summed E-state index contributed by atoms with van der Waals surface area (Å²) in [5.74, 6) is 2.13. The van der Waals surface area contributed by atoms with Crippen LogP contribution in [0.2, 0.25) is 0 Å². The zero-order valence-corrected chi connectivity index (χ0v) is 16.0. The van der Waals surface area contributed by atoms with Crippen molar-refractivity contribution < 1.29 is 4.79 Å². The van der Waals surface area contributed by atoms with Crippen LogP contribution in [0.15, 0.2) is 29.4 Å². The fourth-order valence-electron chi connectivity index (χ4n) is 4.61. The number of hydrogen-bond acceptors (Lipinski definition) is 5. The number of H-pyrrole nitrogens is 1. The Labute approximate surface area is 162 Å². The van der Waals surface area contributed by atoms with Gasteiger partial charge in [0.05, 0.1) is 5.75 Å². The third-order valence-corrected chi connectivity index (χ3v) is 6.89. The molecule has 0 radical (unpaired) electrons. The van der Waals surface area contributed by atoms with Crippen LogP contribution in [0.1, 0.15) is 32.1 Å². The van der Waals surface area contributed by atoms with Crippen LogP contribution in [0.3, 0.4) is 0 Å². The van der Waals surface area contributed by atoms with Gasteiger partial charge in [0.1, 0.15) is 5.52 Å². The van der Waals surface area contributed by atoms with Crippen LogP contribution in [0.4, 0.5) is 0 Å². The van der Waals surface area contributed by atoms with Gasteiger partial charge in [-0.15, -0.1) is 10.2 Å². The third kappa shape index (κ3) is 3.29. The monoisotopic (exact) mass is 381 g/mol. The number of nitrogens with zero attached hydrogens (tertiary/aromatic N) is 4. The van der Waals surface area contributed by atoms with E-state index in [1.807, 2.05) is 29.2 Å². The first-order valence-electron chi connectivity index (χ1n) is 9.79. The Morgan fingerprint density at radius 3 is 2.93 bits per heavy atom. The molecule has 1 N–H and O–H groups in total. The molecule has 0 bridgehead atoms. The molecular weight excluding hydrogens is 358 g/mol. The van der Waals surface area contributed by atoms with Crippen LogP contribution >= 0.6 is 11.8 Å². The van der Waals surface area contributed by atoms with E-state index in [2.05, 4.69) is 20.2 Å². The highest BCUT2D eigenvalue weighted by molar-refractivity contribution is 7.99. The summed E-state index contributed by atoms with van der Waals surface area (Å²) < 4.78 is 0. The molecule has 1 aliphatic carbocycles. The molecule has 6 nitrogen and oxygen atoms in total. The van der Waals surface area contributed by atoms with Crippen LogP contribution in [0.5, 0.6) is 0 Å². The molecule has 3 aromatic rings. The Hall–Kier alpha value is -2.15. The van der Waals surface area contributed by atoms with E-state index in [0.717, 1.165) is 41.1 Å². The van der Waals surface area contributed by atoms with Gasteiger partial charge in [-0.25, -0.2) is 4.98 Å². The number of aromatic nitrogens is 4. The first-order chi connectivity index (χ1) is 13.3. The Balaban J connectivity index is 1.25. The molecule has 140 valence electrons. The van der Waals surface area contributed by atoms with E-state index in [0.29, 0.717) is 16.8 Å². The minimum absolute atomic E-state index is 0.198. The molecule has 2 fully saturated rings. The Bertz CT molecular complexity index is 987. The fraction of sp³-hybridized carbons (Fsp3) is 0.500. The number of thioether (sulfide) groups is 1. The number of hydrogen-bond donors (Lipinski definition) is 1. The highest BCUT2D eigenvalue weighted by Crippen LogP contribution is 2.36. The third-order valence-electron chi connectivity index (χ3n) is 6.07. The number of aromatic amines is 1.